The fourth-order valence-electron chi connectivity index (χ4n) is 2.73. The third kappa shape index (κ3) is 6.89. The molecule has 0 saturated heterocycles. The number of benzene rings is 2. The summed E-state index contributed by atoms with van der Waals surface area (Å²) < 4.78 is 16.0. The number of hydrogen-bond acceptors (Lipinski definition) is 4. The Balaban J connectivity index is 1.64. The first-order valence-corrected chi connectivity index (χ1v) is 8.96. The molecule has 0 saturated carbocycles. The topological polar surface area (TPSA) is 44.8 Å². The van der Waals surface area contributed by atoms with Gasteiger partial charge in [0.15, 0.2) is 0 Å². The number of hydrogen-bond donors (Lipinski definition) is 0. The second kappa shape index (κ2) is 10.6. The number of Topliss-reactive ketones (excluding diaryl/α,β-unsaturated/α-hetero) is 1. The predicted molar refractivity (Wildman–Crippen MR) is 103 cm³/mol. The van der Waals surface area contributed by atoms with Crippen LogP contribution in [0.1, 0.15) is 30.9 Å². The molecule has 0 aromatic heterocycles. The van der Waals surface area contributed by atoms with Gasteiger partial charge in [-0.25, -0.2) is 0 Å². The summed E-state index contributed by atoms with van der Waals surface area (Å²) in [5, 5.41) is 0. The van der Waals surface area contributed by atoms with Crippen molar-refractivity contribution in [2.75, 3.05) is 20.8 Å². The quantitative estimate of drug-likeness (QED) is 0.597. The SMILES string of the molecule is COc1ccc(CCC(=O)CC(C)COCc2ccc(OC)cc2)cc1. The van der Waals surface area contributed by atoms with Crippen molar-refractivity contribution in [1.82, 2.24) is 0 Å². The molecular weight excluding hydrogens is 328 g/mol. The zero-order valence-corrected chi connectivity index (χ0v) is 15.9. The summed E-state index contributed by atoms with van der Waals surface area (Å²) >= 11 is 0. The van der Waals surface area contributed by atoms with Crippen LogP contribution in [0.15, 0.2) is 48.5 Å². The van der Waals surface area contributed by atoms with Gasteiger partial charge in [-0.15, -0.1) is 0 Å². The van der Waals surface area contributed by atoms with E-state index >= 15 is 0 Å². The van der Waals surface area contributed by atoms with Crippen molar-refractivity contribution in [2.45, 2.75) is 32.8 Å². The number of ketones is 1. The Morgan fingerprint density at radius 2 is 1.42 bits per heavy atom. The summed E-state index contributed by atoms with van der Waals surface area (Å²) in [5.41, 5.74) is 2.26. The lowest BCUT2D eigenvalue weighted by Crippen LogP contribution is -2.12. The number of carbonyl (C=O) groups is 1. The Hall–Kier alpha value is -2.33. The maximum absolute atomic E-state index is 12.2. The third-order valence-corrected chi connectivity index (χ3v) is 4.26. The van der Waals surface area contributed by atoms with Gasteiger partial charge in [-0.05, 0) is 47.7 Å². The summed E-state index contributed by atoms with van der Waals surface area (Å²) in [6, 6.07) is 15.7. The second-order valence-corrected chi connectivity index (χ2v) is 6.56. The van der Waals surface area contributed by atoms with Crippen molar-refractivity contribution >= 4 is 5.78 Å². The van der Waals surface area contributed by atoms with Gasteiger partial charge in [-0.1, -0.05) is 31.2 Å². The van der Waals surface area contributed by atoms with E-state index in [9.17, 15) is 4.79 Å². The van der Waals surface area contributed by atoms with Gasteiger partial charge >= 0.3 is 0 Å². The molecule has 2 rings (SSSR count). The van der Waals surface area contributed by atoms with E-state index in [2.05, 4.69) is 6.92 Å². The lowest BCUT2D eigenvalue weighted by atomic mass is 10.0. The lowest BCUT2D eigenvalue weighted by molar-refractivity contribution is -0.120. The largest absolute Gasteiger partial charge is 0.497 e. The van der Waals surface area contributed by atoms with Crippen LogP contribution in [0.5, 0.6) is 11.5 Å². The minimum atomic E-state index is 0.219. The van der Waals surface area contributed by atoms with Crippen molar-refractivity contribution in [2.24, 2.45) is 5.92 Å². The Bertz CT molecular complexity index is 662. The molecule has 0 aliphatic rings. The van der Waals surface area contributed by atoms with E-state index in [1.165, 1.54) is 0 Å². The molecule has 0 aliphatic heterocycles. The average Bonchev–Trinajstić information content (AvgIpc) is 2.67. The first-order valence-electron chi connectivity index (χ1n) is 8.96. The molecular formula is C22H28O4. The molecule has 0 fully saturated rings. The fourth-order valence-corrected chi connectivity index (χ4v) is 2.73. The molecule has 4 nitrogen and oxygen atoms in total. The van der Waals surface area contributed by atoms with Gasteiger partial charge in [-0.3, -0.25) is 4.79 Å². The number of rotatable bonds is 11. The average molecular weight is 356 g/mol. The van der Waals surface area contributed by atoms with Gasteiger partial charge in [0.05, 0.1) is 20.8 Å². The molecule has 4 heteroatoms. The molecule has 1 atom stereocenters. The smallest absolute Gasteiger partial charge is 0.133 e. The maximum atomic E-state index is 12.2. The van der Waals surface area contributed by atoms with Crippen molar-refractivity contribution in [3.05, 3.63) is 59.7 Å². The number of carbonyl (C=O) groups excluding carboxylic acids is 1. The minimum absolute atomic E-state index is 0.219. The molecule has 0 bridgehead atoms. The summed E-state index contributed by atoms with van der Waals surface area (Å²) in [6.45, 7) is 3.19. The fraction of sp³-hybridized carbons (Fsp3) is 0.409. The molecule has 0 aliphatic carbocycles. The summed E-state index contributed by atoms with van der Waals surface area (Å²) in [4.78, 5) is 12.2. The van der Waals surface area contributed by atoms with Gasteiger partial charge in [0.1, 0.15) is 17.3 Å². The molecule has 140 valence electrons. The molecule has 0 radical (unpaired) electrons. The van der Waals surface area contributed by atoms with Gasteiger partial charge < -0.3 is 14.2 Å². The van der Waals surface area contributed by atoms with Gasteiger partial charge in [0, 0.05) is 19.4 Å². The zero-order chi connectivity index (χ0) is 18.8. The normalized spacial score (nSPS) is 11.8. The molecule has 1 unspecified atom stereocenters. The van der Waals surface area contributed by atoms with Crippen LogP contribution in [0.2, 0.25) is 0 Å². The van der Waals surface area contributed by atoms with E-state index in [1.54, 1.807) is 14.2 Å². The van der Waals surface area contributed by atoms with Crippen LogP contribution in [0.25, 0.3) is 0 Å². The van der Waals surface area contributed by atoms with E-state index in [1.807, 2.05) is 48.5 Å². The van der Waals surface area contributed by atoms with Gasteiger partial charge in [0.25, 0.3) is 0 Å². The first-order chi connectivity index (χ1) is 12.6. The number of aryl methyl sites for hydroxylation is 1. The van der Waals surface area contributed by atoms with Crippen LogP contribution < -0.4 is 9.47 Å². The highest BCUT2D eigenvalue weighted by Crippen LogP contribution is 2.15. The maximum Gasteiger partial charge on any atom is 0.133 e. The van der Waals surface area contributed by atoms with Crippen molar-refractivity contribution in [3.8, 4) is 11.5 Å². The van der Waals surface area contributed by atoms with E-state index in [4.69, 9.17) is 14.2 Å². The molecule has 2 aromatic rings. The van der Waals surface area contributed by atoms with E-state index in [0.29, 0.717) is 26.1 Å². The minimum Gasteiger partial charge on any atom is -0.497 e. The van der Waals surface area contributed by atoms with Crippen LogP contribution in [-0.4, -0.2) is 26.6 Å². The summed E-state index contributed by atoms with van der Waals surface area (Å²) in [5.74, 6) is 2.17. The highest BCUT2D eigenvalue weighted by molar-refractivity contribution is 5.78. The van der Waals surface area contributed by atoms with Crippen LogP contribution >= 0.6 is 0 Å². The van der Waals surface area contributed by atoms with Crippen molar-refractivity contribution in [3.63, 3.8) is 0 Å². The van der Waals surface area contributed by atoms with Crippen LogP contribution in [0.3, 0.4) is 0 Å². The third-order valence-electron chi connectivity index (χ3n) is 4.26. The van der Waals surface area contributed by atoms with Crippen LogP contribution in [0, 0.1) is 5.92 Å². The summed E-state index contributed by atoms with van der Waals surface area (Å²) in [7, 11) is 3.30. The molecule has 0 amide bonds. The molecule has 0 heterocycles. The van der Waals surface area contributed by atoms with Crippen LogP contribution in [-0.2, 0) is 22.6 Å². The zero-order valence-electron chi connectivity index (χ0n) is 15.9. The Kier molecular flexibility index (Phi) is 8.16. The predicted octanol–water partition coefficient (Wildman–Crippen LogP) is 4.45. The van der Waals surface area contributed by atoms with Crippen LogP contribution in [0.4, 0.5) is 0 Å². The Labute approximate surface area is 156 Å². The Morgan fingerprint density at radius 1 is 0.885 bits per heavy atom. The Morgan fingerprint density at radius 3 is 1.96 bits per heavy atom. The van der Waals surface area contributed by atoms with Gasteiger partial charge in [-0.2, -0.15) is 0 Å². The van der Waals surface area contributed by atoms with Crippen molar-refractivity contribution in [1.29, 1.82) is 0 Å². The second-order valence-electron chi connectivity index (χ2n) is 6.56. The highest BCUT2D eigenvalue weighted by atomic mass is 16.5. The lowest BCUT2D eigenvalue weighted by Gasteiger charge is -2.12. The van der Waals surface area contributed by atoms with Gasteiger partial charge in [0.2, 0.25) is 0 Å². The van der Waals surface area contributed by atoms with E-state index < -0.39 is 0 Å². The summed E-state index contributed by atoms with van der Waals surface area (Å²) in [6.07, 6.45) is 1.89. The standard InChI is InChI=1S/C22H28O4/c1-17(15-26-16-19-7-12-22(25-3)13-8-19)14-20(23)9-4-18-5-10-21(24-2)11-6-18/h5-8,10-13,17H,4,9,14-16H2,1-3H3. The highest BCUT2D eigenvalue weighted by Gasteiger charge is 2.10. The molecule has 2 aromatic carbocycles. The first kappa shape index (κ1) is 20.0. The van der Waals surface area contributed by atoms with E-state index in [-0.39, 0.29) is 11.7 Å². The number of ether oxygens (including phenoxy) is 3. The molecule has 26 heavy (non-hydrogen) atoms. The molecule has 0 spiro atoms. The van der Waals surface area contributed by atoms with Crippen molar-refractivity contribution < 1.29 is 19.0 Å². The monoisotopic (exact) mass is 356 g/mol. The number of methoxy groups -OCH3 is 2. The molecule has 0 N–H and O–H groups in total. The van der Waals surface area contributed by atoms with E-state index in [0.717, 1.165) is 29.0 Å².